The molecule has 2 N–H and O–H groups in total. The zero-order chi connectivity index (χ0) is 11.5. The number of carbonyl (C=O) groups is 1. The van der Waals surface area contributed by atoms with Gasteiger partial charge in [-0.1, -0.05) is 0 Å². The number of pyridine rings is 1. The first kappa shape index (κ1) is 10.4. The minimum atomic E-state index is -0.196. The molecule has 0 spiro atoms. The van der Waals surface area contributed by atoms with Crippen LogP contribution < -0.4 is 5.73 Å². The molecule has 0 radical (unpaired) electrons. The quantitative estimate of drug-likeness (QED) is 0.780. The third kappa shape index (κ3) is 1.79. The number of anilines is 1. The highest BCUT2D eigenvalue weighted by atomic mass is 16.1. The highest BCUT2D eigenvalue weighted by Crippen LogP contribution is 2.12. The van der Waals surface area contributed by atoms with Crippen LogP contribution in [-0.2, 0) is 6.54 Å². The van der Waals surface area contributed by atoms with Crippen molar-refractivity contribution in [1.29, 1.82) is 0 Å². The van der Waals surface area contributed by atoms with Gasteiger partial charge >= 0.3 is 0 Å². The number of nitrogen functional groups attached to an aromatic ring is 1. The van der Waals surface area contributed by atoms with Gasteiger partial charge in [0.1, 0.15) is 5.69 Å². The van der Waals surface area contributed by atoms with Gasteiger partial charge in [-0.15, -0.1) is 0 Å². The van der Waals surface area contributed by atoms with Gasteiger partial charge < -0.3 is 5.73 Å². The summed E-state index contributed by atoms with van der Waals surface area (Å²) in [6.07, 6.45) is 4.77. The molecule has 0 aromatic carbocycles. The average molecular weight is 216 g/mol. The predicted octanol–water partition coefficient (Wildman–Crippen LogP) is 1.11. The monoisotopic (exact) mass is 216 g/mol. The normalized spacial score (nSPS) is 10.3. The van der Waals surface area contributed by atoms with Crippen LogP contribution in [0.1, 0.15) is 23.0 Å². The lowest BCUT2D eigenvalue weighted by Crippen LogP contribution is -2.07. The van der Waals surface area contributed by atoms with Crippen molar-refractivity contribution < 1.29 is 4.79 Å². The van der Waals surface area contributed by atoms with Gasteiger partial charge in [0.05, 0.1) is 17.4 Å². The minimum Gasteiger partial charge on any atom is -0.397 e. The van der Waals surface area contributed by atoms with Crippen LogP contribution in [0.3, 0.4) is 0 Å². The van der Waals surface area contributed by atoms with E-state index in [4.69, 9.17) is 5.73 Å². The lowest BCUT2D eigenvalue weighted by molar-refractivity contribution is 0.103. The second-order valence-electron chi connectivity index (χ2n) is 3.36. The lowest BCUT2D eigenvalue weighted by Gasteiger charge is -2.00. The largest absolute Gasteiger partial charge is 0.397 e. The van der Waals surface area contributed by atoms with E-state index in [1.54, 1.807) is 29.2 Å². The Morgan fingerprint density at radius 2 is 2.38 bits per heavy atom. The fourth-order valence-electron chi connectivity index (χ4n) is 1.40. The number of nitrogens with zero attached hydrogens (tertiary/aromatic N) is 3. The summed E-state index contributed by atoms with van der Waals surface area (Å²) in [4.78, 5) is 16.0. The molecule has 0 saturated heterocycles. The number of aryl methyl sites for hydroxylation is 1. The summed E-state index contributed by atoms with van der Waals surface area (Å²) in [6, 6.07) is 3.35. The van der Waals surface area contributed by atoms with Crippen molar-refractivity contribution >= 4 is 11.5 Å². The molecule has 0 unspecified atom stereocenters. The van der Waals surface area contributed by atoms with Crippen LogP contribution in [0.2, 0.25) is 0 Å². The first-order valence-corrected chi connectivity index (χ1v) is 5.00. The molecule has 0 saturated carbocycles. The summed E-state index contributed by atoms with van der Waals surface area (Å²) in [5, 5.41) is 4.04. The van der Waals surface area contributed by atoms with E-state index in [0.29, 0.717) is 11.3 Å². The maximum absolute atomic E-state index is 12.0. The average Bonchev–Trinajstić information content (AvgIpc) is 2.77. The molecule has 0 amide bonds. The maximum atomic E-state index is 12.0. The van der Waals surface area contributed by atoms with Crippen LogP contribution in [-0.4, -0.2) is 20.5 Å². The number of hydrogen-bond donors (Lipinski definition) is 1. The van der Waals surface area contributed by atoms with Gasteiger partial charge in [-0.2, -0.15) is 5.10 Å². The topological polar surface area (TPSA) is 73.8 Å². The van der Waals surface area contributed by atoms with E-state index in [9.17, 15) is 4.79 Å². The standard InChI is InChI=1S/C11H12N4O/c1-2-15-7-8(6-14-15)11(16)10-9(12)4-3-5-13-10/h3-7H,2,12H2,1H3. The van der Waals surface area contributed by atoms with E-state index in [0.717, 1.165) is 6.54 Å². The second-order valence-corrected chi connectivity index (χ2v) is 3.36. The second kappa shape index (κ2) is 4.14. The molecule has 2 heterocycles. The van der Waals surface area contributed by atoms with Crippen molar-refractivity contribution in [1.82, 2.24) is 14.8 Å². The molecule has 2 aromatic rings. The van der Waals surface area contributed by atoms with E-state index >= 15 is 0 Å². The first-order valence-electron chi connectivity index (χ1n) is 5.00. The zero-order valence-corrected chi connectivity index (χ0v) is 8.92. The van der Waals surface area contributed by atoms with Crippen molar-refractivity contribution in [3.05, 3.63) is 42.0 Å². The predicted molar refractivity (Wildman–Crippen MR) is 60.0 cm³/mol. The molecule has 0 atom stereocenters. The molecule has 5 nitrogen and oxygen atoms in total. The molecule has 82 valence electrons. The number of rotatable bonds is 3. The molecule has 0 aliphatic heterocycles. The van der Waals surface area contributed by atoms with Gasteiger partial charge in [0.2, 0.25) is 5.78 Å². The van der Waals surface area contributed by atoms with E-state index in [1.165, 1.54) is 6.20 Å². The smallest absolute Gasteiger partial charge is 0.216 e. The van der Waals surface area contributed by atoms with Gasteiger partial charge in [0, 0.05) is 18.9 Å². The SMILES string of the molecule is CCn1cc(C(=O)c2ncccc2N)cn1. The molecule has 0 aliphatic rings. The highest BCUT2D eigenvalue weighted by Gasteiger charge is 2.14. The lowest BCUT2D eigenvalue weighted by atomic mass is 10.1. The maximum Gasteiger partial charge on any atom is 0.216 e. The van der Waals surface area contributed by atoms with Crippen molar-refractivity contribution in [2.24, 2.45) is 0 Å². The summed E-state index contributed by atoms with van der Waals surface area (Å²) in [7, 11) is 0. The van der Waals surface area contributed by atoms with Crippen LogP contribution >= 0.6 is 0 Å². The summed E-state index contributed by atoms with van der Waals surface area (Å²) >= 11 is 0. The van der Waals surface area contributed by atoms with Gasteiger partial charge in [0.15, 0.2) is 0 Å². The van der Waals surface area contributed by atoms with Crippen LogP contribution in [0.4, 0.5) is 5.69 Å². The van der Waals surface area contributed by atoms with Gasteiger partial charge in [-0.05, 0) is 19.1 Å². The Morgan fingerprint density at radius 1 is 1.56 bits per heavy atom. The summed E-state index contributed by atoms with van der Waals surface area (Å²) in [5.41, 5.74) is 6.86. The summed E-state index contributed by atoms with van der Waals surface area (Å²) < 4.78 is 1.69. The number of carbonyl (C=O) groups excluding carboxylic acids is 1. The van der Waals surface area contributed by atoms with Crippen molar-refractivity contribution in [2.75, 3.05) is 5.73 Å². The molecule has 0 aliphatic carbocycles. The Balaban J connectivity index is 2.35. The van der Waals surface area contributed by atoms with E-state index in [1.807, 2.05) is 6.92 Å². The Bertz CT molecular complexity index is 518. The summed E-state index contributed by atoms with van der Waals surface area (Å²) in [6.45, 7) is 2.68. The van der Waals surface area contributed by atoms with Crippen molar-refractivity contribution in [3.63, 3.8) is 0 Å². The molecular weight excluding hydrogens is 204 g/mol. The number of ketones is 1. The van der Waals surface area contributed by atoms with Crippen molar-refractivity contribution in [3.8, 4) is 0 Å². The molecule has 2 rings (SSSR count). The molecule has 2 aromatic heterocycles. The van der Waals surface area contributed by atoms with Crippen LogP contribution in [0, 0.1) is 0 Å². The first-order chi connectivity index (χ1) is 7.72. The Kier molecular flexibility index (Phi) is 2.68. The van der Waals surface area contributed by atoms with Crippen LogP contribution in [0.5, 0.6) is 0 Å². The van der Waals surface area contributed by atoms with Gasteiger partial charge in [-0.3, -0.25) is 14.5 Å². The van der Waals surface area contributed by atoms with Crippen molar-refractivity contribution in [2.45, 2.75) is 13.5 Å². The van der Waals surface area contributed by atoms with E-state index in [2.05, 4.69) is 10.1 Å². The number of hydrogen-bond acceptors (Lipinski definition) is 4. The molecular formula is C11H12N4O. The fraction of sp³-hybridized carbons (Fsp3) is 0.182. The highest BCUT2D eigenvalue weighted by molar-refractivity contribution is 6.10. The Morgan fingerprint density at radius 3 is 3.00 bits per heavy atom. The van der Waals surface area contributed by atoms with Gasteiger partial charge in [0.25, 0.3) is 0 Å². The zero-order valence-electron chi connectivity index (χ0n) is 8.92. The summed E-state index contributed by atoms with van der Waals surface area (Å²) in [5.74, 6) is -0.196. The van der Waals surface area contributed by atoms with Gasteiger partial charge in [-0.25, -0.2) is 0 Å². The molecule has 0 fully saturated rings. The Labute approximate surface area is 92.9 Å². The number of nitrogens with two attached hydrogens (primary N) is 1. The molecule has 0 bridgehead atoms. The molecule has 5 heteroatoms. The third-order valence-electron chi connectivity index (χ3n) is 2.27. The number of aromatic nitrogens is 3. The molecule has 16 heavy (non-hydrogen) atoms. The van der Waals surface area contributed by atoms with Crippen LogP contribution in [0.25, 0.3) is 0 Å². The van der Waals surface area contributed by atoms with E-state index < -0.39 is 0 Å². The fourth-order valence-corrected chi connectivity index (χ4v) is 1.40. The van der Waals surface area contributed by atoms with Crippen LogP contribution in [0.15, 0.2) is 30.7 Å². The minimum absolute atomic E-state index is 0.196. The Hall–Kier alpha value is -2.17. The van der Waals surface area contributed by atoms with E-state index in [-0.39, 0.29) is 11.5 Å². The third-order valence-corrected chi connectivity index (χ3v) is 2.27.